The molecule has 168 valence electrons. The van der Waals surface area contributed by atoms with Crippen LogP contribution in [-0.4, -0.2) is 30.4 Å². The van der Waals surface area contributed by atoms with Gasteiger partial charge in [-0.2, -0.15) is 0 Å². The maximum absolute atomic E-state index is 12.6. The standard InChI is InChI=1S/C25H40N2O3/c1-24-12-10-17(30-23(29)21(27)5-3-4-14-26)15-16(24)6-7-18-19-8-9-22(28)25(19,2)13-11-20(18)24/h6,17-21H,3-5,7-15,26-27H2,1-2H3/t17-,18?,19?,20?,21?,24-,25-/m0/s1. The van der Waals surface area contributed by atoms with E-state index in [1.54, 1.807) is 0 Å². The smallest absolute Gasteiger partial charge is 0.323 e. The molecule has 0 aliphatic heterocycles. The number of fused-ring (bicyclic) bond motifs is 5. The number of ether oxygens (including phenoxy) is 1. The topological polar surface area (TPSA) is 95.4 Å². The fourth-order valence-corrected chi connectivity index (χ4v) is 7.38. The number of unbranched alkanes of at least 4 members (excludes halogenated alkanes) is 1. The molecule has 0 saturated heterocycles. The van der Waals surface area contributed by atoms with E-state index in [0.717, 1.165) is 64.2 Å². The summed E-state index contributed by atoms with van der Waals surface area (Å²) in [4.78, 5) is 25.0. The summed E-state index contributed by atoms with van der Waals surface area (Å²) in [6.45, 7) is 5.30. The molecule has 7 atom stereocenters. The zero-order valence-corrected chi connectivity index (χ0v) is 18.8. The van der Waals surface area contributed by atoms with E-state index >= 15 is 0 Å². The average Bonchev–Trinajstić information content (AvgIpc) is 3.03. The summed E-state index contributed by atoms with van der Waals surface area (Å²) in [6, 6.07) is -0.537. The van der Waals surface area contributed by atoms with Gasteiger partial charge in [0.05, 0.1) is 0 Å². The van der Waals surface area contributed by atoms with Crippen LogP contribution in [0.4, 0.5) is 0 Å². The normalized spacial score (nSPS) is 41.3. The van der Waals surface area contributed by atoms with Crippen molar-refractivity contribution >= 4 is 11.8 Å². The predicted octanol–water partition coefficient (Wildman–Crippen LogP) is 3.89. The molecule has 4 aliphatic rings. The highest BCUT2D eigenvalue weighted by Crippen LogP contribution is 2.64. The Morgan fingerprint density at radius 2 is 1.90 bits per heavy atom. The van der Waals surface area contributed by atoms with E-state index in [1.807, 2.05) is 0 Å². The number of carbonyl (C=O) groups excluding carboxylic acids is 2. The Balaban J connectivity index is 1.41. The third kappa shape index (κ3) is 3.66. The number of ketones is 1. The van der Waals surface area contributed by atoms with Gasteiger partial charge in [-0.25, -0.2) is 0 Å². The highest BCUT2D eigenvalue weighted by Gasteiger charge is 2.58. The van der Waals surface area contributed by atoms with Gasteiger partial charge in [0.2, 0.25) is 0 Å². The molecule has 0 heterocycles. The Kier molecular flexibility index (Phi) is 6.15. The third-order valence-corrected chi connectivity index (χ3v) is 9.32. The zero-order valence-electron chi connectivity index (χ0n) is 18.8. The largest absolute Gasteiger partial charge is 0.461 e. The van der Waals surface area contributed by atoms with Gasteiger partial charge >= 0.3 is 5.97 Å². The zero-order chi connectivity index (χ0) is 21.5. The van der Waals surface area contributed by atoms with Crippen LogP contribution in [0, 0.1) is 28.6 Å². The van der Waals surface area contributed by atoms with Gasteiger partial charge in [-0.15, -0.1) is 0 Å². The first-order valence-corrected chi connectivity index (χ1v) is 12.2. The van der Waals surface area contributed by atoms with Crippen molar-refractivity contribution in [2.75, 3.05) is 6.54 Å². The van der Waals surface area contributed by atoms with Gasteiger partial charge in [-0.3, -0.25) is 9.59 Å². The number of Topliss-reactive ketones (excluding diaryl/α,β-unsaturated/α-hetero) is 1. The second-order valence-corrected chi connectivity index (χ2v) is 10.9. The lowest BCUT2D eigenvalue weighted by Crippen LogP contribution is -2.50. The second kappa shape index (κ2) is 8.38. The number of hydrogen-bond donors (Lipinski definition) is 2. The van der Waals surface area contributed by atoms with E-state index in [-0.39, 0.29) is 22.9 Å². The average molecular weight is 417 g/mol. The second-order valence-electron chi connectivity index (χ2n) is 10.9. The van der Waals surface area contributed by atoms with Crippen LogP contribution in [0.3, 0.4) is 0 Å². The summed E-state index contributed by atoms with van der Waals surface area (Å²) in [5.74, 6) is 2.10. The molecule has 3 fully saturated rings. The van der Waals surface area contributed by atoms with Crippen molar-refractivity contribution in [3.8, 4) is 0 Å². The van der Waals surface area contributed by atoms with E-state index in [2.05, 4.69) is 19.9 Å². The first-order valence-electron chi connectivity index (χ1n) is 12.2. The molecule has 4 rings (SSSR count). The molecule has 30 heavy (non-hydrogen) atoms. The first kappa shape index (κ1) is 22.0. The maximum atomic E-state index is 12.6. The van der Waals surface area contributed by atoms with Crippen LogP contribution in [0.25, 0.3) is 0 Å². The Hall–Kier alpha value is -1.20. The van der Waals surface area contributed by atoms with Crippen LogP contribution in [0.15, 0.2) is 11.6 Å². The molecule has 3 saturated carbocycles. The van der Waals surface area contributed by atoms with Crippen molar-refractivity contribution in [1.29, 1.82) is 0 Å². The Morgan fingerprint density at radius 3 is 2.67 bits per heavy atom. The van der Waals surface area contributed by atoms with Crippen molar-refractivity contribution in [3.63, 3.8) is 0 Å². The highest BCUT2D eigenvalue weighted by atomic mass is 16.5. The Labute approximate surface area is 181 Å². The summed E-state index contributed by atoms with van der Waals surface area (Å²) >= 11 is 0. The van der Waals surface area contributed by atoms with Crippen LogP contribution < -0.4 is 11.5 Å². The first-order chi connectivity index (χ1) is 14.3. The van der Waals surface area contributed by atoms with Crippen molar-refractivity contribution in [1.82, 2.24) is 0 Å². The summed E-state index contributed by atoms with van der Waals surface area (Å²) in [5.41, 5.74) is 13.2. The quantitative estimate of drug-likeness (QED) is 0.389. The highest BCUT2D eigenvalue weighted by molar-refractivity contribution is 5.87. The monoisotopic (exact) mass is 416 g/mol. The molecule has 5 heteroatoms. The van der Waals surface area contributed by atoms with Gasteiger partial charge in [-0.1, -0.05) is 31.9 Å². The summed E-state index contributed by atoms with van der Waals surface area (Å²) in [6.07, 6.45) is 12.8. The van der Waals surface area contributed by atoms with Gasteiger partial charge in [0.25, 0.3) is 0 Å². The Bertz CT molecular complexity index is 719. The van der Waals surface area contributed by atoms with Gasteiger partial charge < -0.3 is 16.2 Å². The van der Waals surface area contributed by atoms with Gasteiger partial charge in [-0.05, 0) is 81.1 Å². The van der Waals surface area contributed by atoms with Crippen molar-refractivity contribution in [3.05, 3.63) is 11.6 Å². The minimum absolute atomic E-state index is 0.0455. The Morgan fingerprint density at radius 1 is 1.17 bits per heavy atom. The van der Waals surface area contributed by atoms with E-state index < -0.39 is 6.04 Å². The van der Waals surface area contributed by atoms with Gasteiger partial charge in [0.15, 0.2) is 0 Å². The number of esters is 1. The lowest BCUT2D eigenvalue weighted by Gasteiger charge is -2.56. The molecular weight excluding hydrogens is 376 g/mol. The van der Waals surface area contributed by atoms with E-state index in [4.69, 9.17) is 16.2 Å². The number of nitrogens with two attached hydrogens (primary N) is 2. The van der Waals surface area contributed by atoms with Gasteiger partial charge in [0, 0.05) is 18.3 Å². The van der Waals surface area contributed by atoms with Crippen LogP contribution in [0.5, 0.6) is 0 Å². The lowest BCUT2D eigenvalue weighted by molar-refractivity contribution is -0.153. The van der Waals surface area contributed by atoms with Crippen molar-refractivity contribution < 1.29 is 14.3 Å². The predicted molar refractivity (Wildman–Crippen MR) is 117 cm³/mol. The van der Waals surface area contributed by atoms with E-state index in [9.17, 15) is 9.59 Å². The maximum Gasteiger partial charge on any atom is 0.323 e. The van der Waals surface area contributed by atoms with Crippen molar-refractivity contribution in [2.45, 2.75) is 96.6 Å². The molecule has 0 aromatic heterocycles. The fourth-order valence-electron chi connectivity index (χ4n) is 7.38. The van der Waals surface area contributed by atoms with Crippen LogP contribution in [0.1, 0.15) is 84.5 Å². The molecule has 4 unspecified atom stereocenters. The number of hydrogen-bond acceptors (Lipinski definition) is 5. The molecule has 0 radical (unpaired) electrons. The molecule has 0 amide bonds. The fraction of sp³-hybridized carbons (Fsp3) is 0.840. The summed E-state index contributed by atoms with van der Waals surface area (Å²) < 4.78 is 5.83. The lowest BCUT2D eigenvalue weighted by atomic mass is 9.48. The minimum Gasteiger partial charge on any atom is -0.461 e. The molecule has 4 N–H and O–H groups in total. The number of rotatable bonds is 6. The van der Waals surface area contributed by atoms with Gasteiger partial charge in [0.1, 0.15) is 17.9 Å². The summed E-state index contributed by atoms with van der Waals surface area (Å²) in [7, 11) is 0. The molecular formula is C25H40N2O3. The molecule has 0 aromatic carbocycles. The number of carbonyl (C=O) groups is 2. The molecule has 5 nitrogen and oxygen atoms in total. The molecule has 0 bridgehead atoms. The summed E-state index contributed by atoms with van der Waals surface area (Å²) in [5, 5.41) is 0. The van der Waals surface area contributed by atoms with Crippen LogP contribution in [0.2, 0.25) is 0 Å². The molecule has 0 spiro atoms. The number of allylic oxidation sites excluding steroid dienone is 1. The van der Waals surface area contributed by atoms with Crippen LogP contribution >= 0.6 is 0 Å². The van der Waals surface area contributed by atoms with E-state index in [1.165, 1.54) is 5.57 Å². The van der Waals surface area contributed by atoms with Crippen LogP contribution in [-0.2, 0) is 14.3 Å². The van der Waals surface area contributed by atoms with E-state index in [0.29, 0.717) is 36.5 Å². The molecule has 0 aromatic rings. The minimum atomic E-state index is -0.537. The third-order valence-electron chi connectivity index (χ3n) is 9.32. The van der Waals surface area contributed by atoms with Crippen molar-refractivity contribution in [2.24, 2.45) is 40.1 Å². The molecule has 4 aliphatic carbocycles. The SMILES string of the molecule is C[C@]12CC[C@H](OC(=O)C(N)CCCCN)CC1=CCC1C2CC[C@]2(C)C(=O)CCC12.